The van der Waals surface area contributed by atoms with Crippen molar-refractivity contribution in [1.29, 1.82) is 0 Å². The van der Waals surface area contributed by atoms with Gasteiger partial charge in [-0.25, -0.2) is 0 Å². The molecule has 0 radical (unpaired) electrons. The van der Waals surface area contributed by atoms with Crippen LogP contribution in [0.15, 0.2) is 0 Å². The summed E-state index contributed by atoms with van der Waals surface area (Å²) in [5, 5.41) is 10.0. The lowest BCUT2D eigenvalue weighted by Crippen LogP contribution is -2.50. The van der Waals surface area contributed by atoms with Crippen molar-refractivity contribution in [2.45, 2.75) is 84.2 Å². The Bertz CT molecular complexity index is 266. The van der Waals surface area contributed by atoms with E-state index in [0.29, 0.717) is 6.10 Å². The SMILES string of the molecule is CC1(C)CC(O)CCC1O[Si](C)(C)C(C)(C)C. The lowest BCUT2D eigenvalue weighted by Gasteiger charge is -2.47. The van der Waals surface area contributed by atoms with E-state index in [1.807, 2.05) is 0 Å². The summed E-state index contributed by atoms with van der Waals surface area (Å²) in [5.74, 6) is 0. The molecule has 3 heteroatoms. The second-order valence-electron chi connectivity index (χ2n) is 7.79. The zero-order valence-corrected chi connectivity index (χ0v) is 13.6. The van der Waals surface area contributed by atoms with Crippen molar-refractivity contribution in [3.8, 4) is 0 Å². The molecule has 0 amide bonds. The fraction of sp³-hybridized carbons (Fsp3) is 1.00. The minimum atomic E-state index is -1.68. The van der Waals surface area contributed by atoms with Crippen molar-refractivity contribution < 1.29 is 9.53 Å². The fourth-order valence-corrected chi connectivity index (χ4v) is 3.83. The minimum Gasteiger partial charge on any atom is -0.413 e. The van der Waals surface area contributed by atoms with E-state index in [0.717, 1.165) is 19.3 Å². The second-order valence-corrected chi connectivity index (χ2v) is 12.5. The third-order valence-electron chi connectivity index (χ3n) is 4.64. The third kappa shape index (κ3) is 3.55. The Morgan fingerprint density at radius 2 is 1.71 bits per heavy atom. The topological polar surface area (TPSA) is 29.5 Å². The van der Waals surface area contributed by atoms with Crippen LogP contribution in [0.2, 0.25) is 18.1 Å². The van der Waals surface area contributed by atoms with Gasteiger partial charge in [0.05, 0.1) is 12.2 Å². The van der Waals surface area contributed by atoms with Crippen LogP contribution in [0.4, 0.5) is 0 Å². The number of aliphatic hydroxyl groups excluding tert-OH is 1. The third-order valence-corrected chi connectivity index (χ3v) is 9.12. The molecule has 1 saturated carbocycles. The van der Waals surface area contributed by atoms with E-state index in [-0.39, 0.29) is 16.6 Å². The van der Waals surface area contributed by atoms with Crippen LogP contribution in [0.3, 0.4) is 0 Å². The van der Waals surface area contributed by atoms with E-state index >= 15 is 0 Å². The van der Waals surface area contributed by atoms with Gasteiger partial charge < -0.3 is 9.53 Å². The molecule has 1 aliphatic rings. The average molecular weight is 258 g/mol. The summed E-state index contributed by atoms with van der Waals surface area (Å²) in [6.45, 7) is 15.9. The Balaban J connectivity index is 2.75. The molecule has 2 atom stereocenters. The van der Waals surface area contributed by atoms with Crippen LogP contribution in [-0.4, -0.2) is 25.6 Å². The first-order chi connectivity index (χ1) is 7.46. The van der Waals surface area contributed by atoms with Crippen LogP contribution in [0.25, 0.3) is 0 Å². The van der Waals surface area contributed by atoms with E-state index in [1.165, 1.54) is 0 Å². The molecule has 17 heavy (non-hydrogen) atoms. The molecule has 1 rings (SSSR count). The normalized spacial score (nSPS) is 30.4. The summed E-state index contributed by atoms with van der Waals surface area (Å²) in [4.78, 5) is 0. The number of hydrogen-bond acceptors (Lipinski definition) is 2. The van der Waals surface area contributed by atoms with Gasteiger partial charge >= 0.3 is 0 Å². The van der Waals surface area contributed by atoms with E-state index in [1.54, 1.807) is 0 Å². The lowest BCUT2D eigenvalue weighted by molar-refractivity contribution is -0.0315. The molecule has 0 aromatic carbocycles. The molecule has 1 aliphatic carbocycles. The predicted octanol–water partition coefficient (Wildman–Crippen LogP) is 3.95. The second kappa shape index (κ2) is 4.67. The smallest absolute Gasteiger partial charge is 0.192 e. The predicted molar refractivity (Wildman–Crippen MR) is 75.7 cm³/mol. The molecule has 2 nitrogen and oxygen atoms in total. The van der Waals surface area contributed by atoms with Gasteiger partial charge in [-0.3, -0.25) is 0 Å². The van der Waals surface area contributed by atoms with Gasteiger partial charge in [0, 0.05) is 0 Å². The Hall–Kier alpha value is 0.137. The molecular weight excluding hydrogens is 228 g/mol. The number of hydrogen-bond donors (Lipinski definition) is 1. The van der Waals surface area contributed by atoms with Crippen LogP contribution in [-0.2, 0) is 4.43 Å². The van der Waals surface area contributed by atoms with Crippen molar-refractivity contribution >= 4 is 8.32 Å². The molecule has 2 unspecified atom stereocenters. The molecule has 0 aliphatic heterocycles. The molecule has 0 aromatic heterocycles. The lowest BCUT2D eigenvalue weighted by atomic mass is 9.74. The van der Waals surface area contributed by atoms with E-state index in [2.05, 4.69) is 47.7 Å². The van der Waals surface area contributed by atoms with Crippen LogP contribution in [0.5, 0.6) is 0 Å². The highest BCUT2D eigenvalue weighted by atomic mass is 28.4. The van der Waals surface area contributed by atoms with Gasteiger partial charge in [0.2, 0.25) is 0 Å². The Kier molecular flexibility index (Phi) is 4.17. The van der Waals surface area contributed by atoms with E-state index in [4.69, 9.17) is 4.43 Å². The number of aliphatic hydroxyl groups is 1. The molecule has 0 spiro atoms. The van der Waals surface area contributed by atoms with Crippen LogP contribution in [0.1, 0.15) is 53.9 Å². The van der Waals surface area contributed by atoms with Crippen molar-refractivity contribution in [1.82, 2.24) is 0 Å². The van der Waals surface area contributed by atoms with Gasteiger partial charge in [-0.15, -0.1) is 0 Å². The first-order valence-electron chi connectivity index (χ1n) is 6.81. The zero-order chi connectivity index (χ0) is 13.5. The zero-order valence-electron chi connectivity index (χ0n) is 12.6. The molecule has 0 heterocycles. The van der Waals surface area contributed by atoms with Crippen LogP contribution in [0, 0.1) is 5.41 Å². The van der Waals surface area contributed by atoms with Gasteiger partial charge in [0.1, 0.15) is 0 Å². The van der Waals surface area contributed by atoms with Gasteiger partial charge in [0.15, 0.2) is 8.32 Å². The largest absolute Gasteiger partial charge is 0.413 e. The standard InChI is InChI=1S/C14H30O2Si/c1-13(2,3)17(6,7)16-12-9-8-11(15)10-14(12,4)5/h11-12,15H,8-10H2,1-7H3. The maximum absolute atomic E-state index is 9.78. The fourth-order valence-electron chi connectivity index (χ4n) is 2.33. The van der Waals surface area contributed by atoms with Crippen LogP contribution < -0.4 is 0 Å². The Labute approximate surface area is 108 Å². The van der Waals surface area contributed by atoms with Crippen LogP contribution >= 0.6 is 0 Å². The molecule has 1 fully saturated rings. The van der Waals surface area contributed by atoms with Gasteiger partial charge in [-0.1, -0.05) is 34.6 Å². The highest BCUT2D eigenvalue weighted by molar-refractivity contribution is 6.74. The summed E-state index contributed by atoms with van der Waals surface area (Å²) in [7, 11) is -1.68. The molecular formula is C14H30O2Si. The van der Waals surface area contributed by atoms with Crippen molar-refractivity contribution in [2.75, 3.05) is 0 Å². The minimum absolute atomic E-state index is 0.104. The summed E-state index contributed by atoms with van der Waals surface area (Å²) in [5.41, 5.74) is 0.104. The quantitative estimate of drug-likeness (QED) is 0.760. The molecule has 0 saturated heterocycles. The van der Waals surface area contributed by atoms with Gasteiger partial charge in [-0.2, -0.15) is 0 Å². The van der Waals surface area contributed by atoms with Crippen molar-refractivity contribution in [3.63, 3.8) is 0 Å². The highest BCUT2D eigenvalue weighted by Crippen LogP contribution is 2.44. The van der Waals surface area contributed by atoms with Crippen molar-refractivity contribution in [3.05, 3.63) is 0 Å². The monoisotopic (exact) mass is 258 g/mol. The van der Waals surface area contributed by atoms with Gasteiger partial charge in [-0.05, 0) is 42.8 Å². The summed E-state index contributed by atoms with van der Waals surface area (Å²) in [6.07, 6.45) is 2.94. The summed E-state index contributed by atoms with van der Waals surface area (Å²) in [6, 6.07) is 0. The Morgan fingerprint density at radius 3 is 2.12 bits per heavy atom. The molecule has 0 bridgehead atoms. The van der Waals surface area contributed by atoms with Crippen molar-refractivity contribution in [2.24, 2.45) is 5.41 Å². The first-order valence-corrected chi connectivity index (χ1v) is 9.72. The Morgan fingerprint density at radius 1 is 1.18 bits per heavy atom. The maximum Gasteiger partial charge on any atom is 0.192 e. The molecule has 102 valence electrons. The molecule has 0 aromatic rings. The van der Waals surface area contributed by atoms with E-state index in [9.17, 15) is 5.11 Å². The highest BCUT2D eigenvalue weighted by Gasteiger charge is 2.44. The van der Waals surface area contributed by atoms with E-state index < -0.39 is 8.32 Å². The van der Waals surface area contributed by atoms with Gasteiger partial charge in [0.25, 0.3) is 0 Å². The summed E-state index contributed by atoms with van der Waals surface area (Å²) >= 11 is 0. The summed E-state index contributed by atoms with van der Waals surface area (Å²) < 4.78 is 6.53. The maximum atomic E-state index is 9.78. The first kappa shape index (κ1) is 15.2. The molecule has 1 N–H and O–H groups in total. The average Bonchev–Trinajstić information content (AvgIpc) is 2.07. The number of rotatable bonds is 2.